The van der Waals surface area contributed by atoms with Crippen LogP contribution in [-0.2, 0) is 9.53 Å². The monoisotopic (exact) mass is 263 g/mol. The van der Waals surface area contributed by atoms with Gasteiger partial charge in [0.15, 0.2) is 5.60 Å². The van der Waals surface area contributed by atoms with Gasteiger partial charge in [0, 0.05) is 31.3 Å². The van der Waals surface area contributed by atoms with Gasteiger partial charge in [-0.05, 0) is 25.5 Å². The fraction of sp³-hybridized carbons (Fsp3) is 0.538. The Labute approximate surface area is 110 Å². The average molecular weight is 263 g/mol. The van der Waals surface area contributed by atoms with Crippen molar-refractivity contribution in [2.45, 2.75) is 18.9 Å². The van der Waals surface area contributed by atoms with Crippen LogP contribution in [0.25, 0.3) is 0 Å². The van der Waals surface area contributed by atoms with Gasteiger partial charge < -0.3 is 20.4 Å². The Kier molecular flexibility index (Phi) is 2.91. The highest BCUT2D eigenvalue weighted by molar-refractivity contribution is 5.98. The first kappa shape index (κ1) is 12.4. The predicted octanol–water partition coefficient (Wildman–Crippen LogP) is 0.000320. The van der Waals surface area contributed by atoms with E-state index in [2.05, 4.69) is 15.6 Å². The number of amides is 1. The minimum absolute atomic E-state index is 0.192. The van der Waals surface area contributed by atoms with Gasteiger partial charge in [-0.3, -0.25) is 9.59 Å². The van der Waals surface area contributed by atoms with Crippen molar-refractivity contribution in [1.29, 1.82) is 0 Å². The summed E-state index contributed by atoms with van der Waals surface area (Å²) in [6.07, 6.45) is 0.880. The molecule has 0 aliphatic carbocycles. The number of ether oxygens (including phenoxy) is 1. The maximum Gasteiger partial charge on any atom is 0.271 e. The molecule has 1 aromatic rings. The number of carbonyl (C=O) groups is 1. The summed E-state index contributed by atoms with van der Waals surface area (Å²) >= 11 is 0. The zero-order valence-electron chi connectivity index (χ0n) is 10.8. The number of pyridine rings is 1. The van der Waals surface area contributed by atoms with Crippen LogP contribution in [0.2, 0.25) is 0 Å². The first-order valence-corrected chi connectivity index (χ1v) is 6.48. The summed E-state index contributed by atoms with van der Waals surface area (Å²) in [6.45, 7) is 3.69. The van der Waals surface area contributed by atoms with Crippen LogP contribution in [0.3, 0.4) is 0 Å². The van der Waals surface area contributed by atoms with Gasteiger partial charge in [-0.2, -0.15) is 0 Å². The molecule has 2 aliphatic rings. The van der Waals surface area contributed by atoms with E-state index in [1.54, 1.807) is 19.1 Å². The van der Waals surface area contributed by atoms with Crippen LogP contribution < -0.4 is 16.2 Å². The van der Waals surface area contributed by atoms with E-state index in [0.29, 0.717) is 13.2 Å². The zero-order valence-corrected chi connectivity index (χ0v) is 10.8. The van der Waals surface area contributed by atoms with Crippen LogP contribution in [0.1, 0.15) is 12.1 Å². The van der Waals surface area contributed by atoms with Crippen LogP contribution in [0.4, 0.5) is 5.69 Å². The summed E-state index contributed by atoms with van der Waals surface area (Å²) in [6, 6.07) is 3.38. The number of aromatic nitrogens is 1. The number of hydrogen-bond acceptors (Lipinski definition) is 4. The third kappa shape index (κ3) is 1.97. The summed E-state index contributed by atoms with van der Waals surface area (Å²) in [5, 5.41) is 5.88. The van der Waals surface area contributed by atoms with E-state index in [-0.39, 0.29) is 23.1 Å². The number of fused-ring (bicyclic) bond motifs is 1. The second-order valence-electron chi connectivity index (χ2n) is 5.19. The van der Waals surface area contributed by atoms with Crippen LogP contribution in [0.5, 0.6) is 0 Å². The molecule has 2 fully saturated rings. The molecule has 1 aromatic heterocycles. The molecule has 0 saturated carbocycles. The fourth-order valence-corrected chi connectivity index (χ4v) is 2.86. The smallest absolute Gasteiger partial charge is 0.271 e. The van der Waals surface area contributed by atoms with Gasteiger partial charge in [-0.15, -0.1) is 0 Å². The predicted molar refractivity (Wildman–Crippen MR) is 70.1 cm³/mol. The fourth-order valence-electron chi connectivity index (χ4n) is 2.86. The molecular weight excluding hydrogens is 246 g/mol. The zero-order chi connectivity index (χ0) is 13.5. The summed E-state index contributed by atoms with van der Waals surface area (Å²) < 4.78 is 5.68. The van der Waals surface area contributed by atoms with Crippen molar-refractivity contribution in [3.63, 3.8) is 0 Å². The molecule has 1 amide bonds. The van der Waals surface area contributed by atoms with Crippen molar-refractivity contribution in [3.8, 4) is 0 Å². The standard InChI is InChI=1S/C13H17N3O3/c1-8-2-3-10(11(17)15-8)16-12(18)13-7-14-6-9(13)4-5-19-13/h2-3,9,14H,4-7H2,1H3,(H,15,17)(H,16,18)/t9-,13+/m1/s1. The maximum atomic E-state index is 12.4. The first-order valence-electron chi connectivity index (χ1n) is 6.48. The molecule has 0 bridgehead atoms. The lowest BCUT2D eigenvalue weighted by Crippen LogP contribution is -2.48. The molecule has 2 aliphatic heterocycles. The van der Waals surface area contributed by atoms with Crippen molar-refractivity contribution in [2.75, 3.05) is 25.0 Å². The molecule has 0 spiro atoms. The minimum atomic E-state index is -0.808. The van der Waals surface area contributed by atoms with Gasteiger partial charge in [0.05, 0.1) is 0 Å². The molecule has 19 heavy (non-hydrogen) atoms. The molecule has 6 nitrogen and oxygen atoms in total. The average Bonchev–Trinajstić information content (AvgIpc) is 2.92. The van der Waals surface area contributed by atoms with Gasteiger partial charge in [0.2, 0.25) is 0 Å². The molecule has 0 unspecified atom stereocenters. The van der Waals surface area contributed by atoms with Gasteiger partial charge in [0.1, 0.15) is 5.69 Å². The number of anilines is 1. The number of carbonyl (C=O) groups excluding carboxylic acids is 1. The second kappa shape index (κ2) is 4.47. The Morgan fingerprint density at radius 3 is 3.16 bits per heavy atom. The molecule has 102 valence electrons. The Morgan fingerprint density at radius 2 is 2.37 bits per heavy atom. The van der Waals surface area contributed by atoms with Crippen LogP contribution >= 0.6 is 0 Å². The summed E-state index contributed by atoms with van der Waals surface area (Å²) in [7, 11) is 0. The third-order valence-corrected chi connectivity index (χ3v) is 3.95. The van der Waals surface area contributed by atoms with Crippen molar-refractivity contribution >= 4 is 11.6 Å². The van der Waals surface area contributed by atoms with Crippen LogP contribution in [0.15, 0.2) is 16.9 Å². The highest BCUT2D eigenvalue weighted by Crippen LogP contribution is 2.35. The molecule has 2 saturated heterocycles. The Balaban J connectivity index is 1.83. The van der Waals surface area contributed by atoms with E-state index in [4.69, 9.17) is 4.74 Å². The van der Waals surface area contributed by atoms with Crippen molar-refractivity contribution in [1.82, 2.24) is 10.3 Å². The summed E-state index contributed by atoms with van der Waals surface area (Å²) in [5.74, 6) is -0.0358. The molecule has 3 heterocycles. The molecule has 3 rings (SSSR count). The van der Waals surface area contributed by atoms with Gasteiger partial charge in [-0.1, -0.05) is 0 Å². The Bertz CT molecular complexity index is 556. The number of nitrogens with one attached hydrogen (secondary N) is 3. The summed E-state index contributed by atoms with van der Waals surface area (Å²) in [5.41, 5.74) is -0.0628. The lowest BCUT2D eigenvalue weighted by Gasteiger charge is -2.25. The molecule has 0 aromatic carbocycles. The lowest BCUT2D eigenvalue weighted by atomic mass is 9.90. The maximum absolute atomic E-state index is 12.4. The van der Waals surface area contributed by atoms with E-state index < -0.39 is 5.60 Å². The first-order chi connectivity index (χ1) is 9.12. The van der Waals surface area contributed by atoms with E-state index in [1.807, 2.05) is 0 Å². The van der Waals surface area contributed by atoms with E-state index >= 15 is 0 Å². The van der Waals surface area contributed by atoms with Crippen molar-refractivity contribution in [3.05, 3.63) is 28.2 Å². The molecule has 3 N–H and O–H groups in total. The number of rotatable bonds is 2. The number of H-pyrrole nitrogens is 1. The van der Waals surface area contributed by atoms with Gasteiger partial charge in [0.25, 0.3) is 11.5 Å². The SMILES string of the molecule is Cc1ccc(NC(=O)[C@]23CNC[C@H]2CCO3)c(=O)[nH]1. The molecule has 2 atom stereocenters. The van der Waals surface area contributed by atoms with E-state index in [0.717, 1.165) is 18.7 Å². The quantitative estimate of drug-likeness (QED) is 0.701. The van der Waals surface area contributed by atoms with E-state index in [1.165, 1.54) is 0 Å². The highest BCUT2D eigenvalue weighted by Gasteiger charge is 2.53. The van der Waals surface area contributed by atoms with Crippen molar-refractivity contribution in [2.24, 2.45) is 5.92 Å². The summed E-state index contributed by atoms with van der Waals surface area (Å²) in [4.78, 5) is 26.8. The van der Waals surface area contributed by atoms with Crippen LogP contribution in [-0.4, -0.2) is 36.2 Å². The molecule has 0 radical (unpaired) electrons. The van der Waals surface area contributed by atoms with E-state index in [9.17, 15) is 9.59 Å². The van der Waals surface area contributed by atoms with Crippen LogP contribution in [0, 0.1) is 12.8 Å². The topological polar surface area (TPSA) is 83.2 Å². The molecular formula is C13H17N3O3. The number of hydrogen-bond donors (Lipinski definition) is 3. The van der Waals surface area contributed by atoms with Crippen molar-refractivity contribution < 1.29 is 9.53 Å². The Hall–Kier alpha value is -1.66. The minimum Gasteiger partial charge on any atom is -0.363 e. The van der Waals surface area contributed by atoms with Gasteiger partial charge >= 0.3 is 0 Å². The number of aromatic amines is 1. The molecule has 6 heteroatoms. The Morgan fingerprint density at radius 1 is 1.53 bits per heavy atom. The normalized spacial score (nSPS) is 29.2. The number of aryl methyl sites for hydroxylation is 1. The lowest BCUT2D eigenvalue weighted by molar-refractivity contribution is -0.135. The largest absolute Gasteiger partial charge is 0.363 e. The third-order valence-electron chi connectivity index (χ3n) is 3.95. The highest BCUT2D eigenvalue weighted by atomic mass is 16.5. The van der Waals surface area contributed by atoms with Gasteiger partial charge in [-0.25, -0.2) is 0 Å². The second-order valence-corrected chi connectivity index (χ2v) is 5.19.